The van der Waals surface area contributed by atoms with Gasteiger partial charge in [-0.3, -0.25) is 14.4 Å². The van der Waals surface area contributed by atoms with Gasteiger partial charge in [0.15, 0.2) is 0 Å². The number of nitrogens with one attached hydrogen (secondary N) is 2. The first-order valence-corrected chi connectivity index (χ1v) is 12.7. The van der Waals surface area contributed by atoms with Crippen LogP contribution in [0, 0.1) is 36.7 Å². The van der Waals surface area contributed by atoms with Crippen molar-refractivity contribution in [3.8, 4) is 11.3 Å². The SMILES string of the molecule is Cc1cccc(C)c1NC(=O)C(=O)N1CCC2(CC1)CC2NC(=O)c1ccc(F)c(-c2c(F)cccc2F)n1. The van der Waals surface area contributed by atoms with Crippen LogP contribution in [0.5, 0.6) is 0 Å². The van der Waals surface area contributed by atoms with Gasteiger partial charge in [0.05, 0.1) is 5.56 Å². The van der Waals surface area contributed by atoms with Crippen LogP contribution in [0.4, 0.5) is 18.9 Å². The molecule has 1 aromatic heterocycles. The Morgan fingerprint density at radius 3 is 2.15 bits per heavy atom. The number of carbonyl (C=O) groups excluding carboxylic acids is 3. The molecule has 2 aliphatic rings. The van der Waals surface area contributed by atoms with E-state index in [4.69, 9.17) is 0 Å². The van der Waals surface area contributed by atoms with Crippen molar-refractivity contribution >= 4 is 23.4 Å². The fraction of sp³-hybridized carbons (Fsp3) is 0.310. The minimum atomic E-state index is -0.982. The van der Waals surface area contributed by atoms with E-state index in [0.29, 0.717) is 38.0 Å². The number of amides is 3. The summed E-state index contributed by atoms with van der Waals surface area (Å²) in [4.78, 5) is 43.7. The Hall–Kier alpha value is -4.21. The third-order valence-electron chi connectivity index (χ3n) is 7.73. The summed E-state index contributed by atoms with van der Waals surface area (Å²) >= 11 is 0. The van der Waals surface area contributed by atoms with Crippen molar-refractivity contribution in [2.75, 3.05) is 18.4 Å². The monoisotopic (exact) mass is 536 g/mol. The van der Waals surface area contributed by atoms with Crippen LogP contribution < -0.4 is 10.6 Å². The first kappa shape index (κ1) is 26.4. The number of nitrogens with zero attached hydrogens (tertiary/aromatic N) is 2. The van der Waals surface area contributed by atoms with Crippen LogP contribution in [0.15, 0.2) is 48.5 Å². The molecule has 2 aromatic carbocycles. The van der Waals surface area contributed by atoms with E-state index >= 15 is 0 Å². The number of likely N-dealkylation sites (tertiary alicyclic amines) is 1. The first-order valence-electron chi connectivity index (χ1n) is 12.7. The van der Waals surface area contributed by atoms with E-state index in [-0.39, 0.29) is 17.2 Å². The maximum Gasteiger partial charge on any atom is 0.313 e. The Morgan fingerprint density at radius 1 is 0.897 bits per heavy atom. The Kier molecular flexibility index (Phi) is 6.88. The van der Waals surface area contributed by atoms with Crippen molar-refractivity contribution < 1.29 is 27.6 Å². The fourth-order valence-electron chi connectivity index (χ4n) is 5.28. The number of benzene rings is 2. The summed E-state index contributed by atoms with van der Waals surface area (Å²) in [6, 6.07) is 10.7. The highest BCUT2D eigenvalue weighted by molar-refractivity contribution is 6.39. The zero-order chi connectivity index (χ0) is 27.9. The lowest BCUT2D eigenvalue weighted by atomic mass is 9.92. The molecule has 202 valence electrons. The minimum Gasteiger partial charge on any atom is -0.347 e. The van der Waals surface area contributed by atoms with Gasteiger partial charge in [-0.2, -0.15) is 0 Å². The molecule has 2 heterocycles. The molecule has 5 rings (SSSR count). The van der Waals surface area contributed by atoms with Gasteiger partial charge in [0.2, 0.25) is 0 Å². The van der Waals surface area contributed by atoms with Crippen LogP contribution in [0.2, 0.25) is 0 Å². The van der Waals surface area contributed by atoms with Crippen LogP contribution in [0.25, 0.3) is 11.3 Å². The Balaban J connectivity index is 1.19. The molecule has 7 nitrogen and oxygen atoms in total. The summed E-state index contributed by atoms with van der Waals surface area (Å²) in [5.74, 6) is -4.78. The second-order valence-corrected chi connectivity index (χ2v) is 10.2. The van der Waals surface area contributed by atoms with Gasteiger partial charge in [-0.25, -0.2) is 18.2 Å². The number of halogens is 3. The van der Waals surface area contributed by atoms with Crippen LogP contribution in [0.1, 0.15) is 40.9 Å². The smallest absolute Gasteiger partial charge is 0.313 e. The lowest BCUT2D eigenvalue weighted by Crippen LogP contribution is -2.46. The molecule has 1 saturated carbocycles. The number of aryl methyl sites for hydroxylation is 2. The number of para-hydroxylation sites is 1. The molecule has 2 N–H and O–H groups in total. The molecule has 1 aliphatic heterocycles. The zero-order valence-corrected chi connectivity index (χ0v) is 21.5. The molecule has 1 spiro atoms. The summed E-state index contributed by atoms with van der Waals surface area (Å²) in [5, 5.41) is 5.60. The van der Waals surface area contributed by atoms with E-state index in [0.717, 1.165) is 41.5 Å². The summed E-state index contributed by atoms with van der Waals surface area (Å²) in [7, 11) is 0. The van der Waals surface area contributed by atoms with Crippen LogP contribution in [0.3, 0.4) is 0 Å². The van der Waals surface area contributed by atoms with Gasteiger partial charge in [-0.15, -0.1) is 0 Å². The standard InChI is InChI=1S/C29H27F3N4O3/c1-16-5-3-6-17(2)24(16)35-27(38)28(39)36-13-11-29(12-14-36)15-22(29)34-26(37)21-10-9-20(32)25(33-21)23-18(30)7-4-8-19(23)31/h3-10,22H,11-15H2,1-2H3,(H,34,37)(H,35,38). The van der Waals surface area contributed by atoms with E-state index in [1.54, 1.807) is 0 Å². The van der Waals surface area contributed by atoms with Crippen molar-refractivity contribution in [3.05, 3.63) is 82.8 Å². The summed E-state index contributed by atoms with van der Waals surface area (Å²) in [6.45, 7) is 4.47. The van der Waals surface area contributed by atoms with Crippen molar-refractivity contribution in [2.45, 2.75) is 39.2 Å². The lowest BCUT2D eigenvalue weighted by molar-refractivity contribution is -0.144. The van der Waals surface area contributed by atoms with Crippen molar-refractivity contribution in [1.29, 1.82) is 0 Å². The van der Waals surface area contributed by atoms with Crippen molar-refractivity contribution in [2.24, 2.45) is 5.41 Å². The van der Waals surface area contributed by atoms with E-state index in [1.807, 2.05) is 32.0 Å². The highest BCUT2D eigenvalue weighted by Gasteiger charge is 2.56. The molecule has 1 aliphatic carbocycles. The summed E-state index contributed by atoms with van der Waals surface area (Å²) in [6.07, 6.45) is 1.89. The predicted octanol–water partition coefficient (Wildman–Crippen LogP) is 4.53. The average Bonchev–Trinajstić information content (AvgIpc) is 3.57. The molecule has 39 heavy (non-hydrogen) atoms. The van der Waals surface area contributed by atoms with E-state index < -0.39 is 46.4 Å². The molecule has 2 fully saturated rings. The number of carbonyl (C=O) groups is 3. The average molecular weight is 537 g/mol. The number of hydrogen-bond donors (Lipinski definition) is 2. The molecule has 1 unspecified atom stereocenters. The number of hydrogen-bond acceptors (Lipinski definition) is 4. The molecular formula is C29H27F3N4O3. The second kappa shape index (κ2) is 10.2. The molecule has 10 heteroatoms. The van der Waals surface area contributed by atoms with Gasteiger partial charge in [0.1, 0.15) is 28.8 Å². The summed E-state index contributed by atoms with van der Waals surface area (Å²) in [5.41, 5.74) is 0.785. The van der Waals surface area contributed by atoms with Gasteiger partial charge < -0.3 is 15.5 Å². The highest BCUT2D eigenvalue weighted by Crippen LogP contribution is 2.54. The van der Waals surface area contributed by atoms with Crippen LogP contribution in [-0.2, 0) is 9.59 Å². The van der Waals surface area contributed by atoms with Crippen LogP contribution >= 0.6 is 0 Å². The molecule has 3 aromatic rings. The number of aromatic nitrogens is 1. The number of rotatable bonds is 4. The normalized spacial score (nSPS) is 17.6. The Labute approximate surface area is 223 Å². The highest BCUT2D eigenvalue weighted by atomic mass is 19.1. The van der Waals surface area contributed by atoms with Gasteiger partial charge in [0.25, 0.3) is 5.91 Å². The third kappa shape index (κ3) is 5.10. The quantitative estimate of drug-likeness (QED) is 0.480. The zero-order valence-electron chi connectivity index (χ0n) is 21.5. The first-order chi connectivity index (χ1) is 18.6. The minimum absolute atomic E-state index is 0.160. The largest absolute Gasteiger partial charge is 0.347 e. The maximum absolute atomic E-state index is 14.4. The maximum atomic E-state index is 14.4. The second-order valence-electron chi connectivity index (χ2n) is 10.2. The Bertz CT molecular complexity index is 1440. The van der Waals surface area contributed by atoms with E-state index in [9.17, 15) is 27.6 Å². The van der Waals surface area contributed by atoms with Gasteiger partial charge in [-0.1, -0.05) is 24.3 Å². The van der Waals surface area contributed by atoms with E-state index in [2.05, 4.69) is 15.6 Å². The molecule has 1 atom stereocenters. The van der Waals surface area contributed by atoms with Crippen LogP contribution in [-0.4, -0.2) is 46.7 Å². The topological polar surface area (TPSA) is 91.4 Å². The number of anilines is 1. The van der Waals surface area contributed by atoms with Crippen molar-refractivity contribution in [3.63, 3.8) is 0 Å². The molecule has 0 bridgehead atoms. The predicted molar refractivity (Wildman–Crippen MR) is 138 cm³/mol. The summed E-state index contributed by atoms with van der Waals surface area (Å²) < 4.78 is 42.8. The molecule has 3 amide bonds. The van der Waals surface area contributed by atoms with Crippen molar-refractivity contribution in [1.82, 2.24) is 15.2 Å². The number of pyridine rings is 1. The fourth-order valence-corrected chi connectivity index (χ4v) is 5.28. The molecular weight excluding hydrogens is 509 g/mol. The van der Waals surface area contributed by atoms with E-state index in [1.165, 1.54) is 4.90 Å². The molecule has 1 saturated heterocycles. The van der Waals surface area contributed by atoms with Gasteiger partial charge in [0, 0.05) is 24.8 Å². The van der Waals surface area contributed by atoms with Gasteiger partial charge in [-0.05, 0) is 73.9 Å². The Morgan fingerprint density at radius 2 is 1.51 bits per heavy atom. The number of piperidine rings is 1. The molecule has 0 radical (unpaired) electrons. The third-order valence-corrected chi connectivity index (χ3v) is 7.73. The lowest BCUT2D eigenvalue weighted by Gasteiger charge is -2.32. The van der Waals surface area contributed by atoms with Gasteiger partial charge >= 0.3 is 11.8 Å².